The molecule has 1 aliphatic rings. The van der Waals surface area contributed by atoms with Crippen LogP contribution in [-0.2, 0) is 0 Å². The Labute approximate surface area is 135 Å². The third-order valence-electron chi connectivity index (χ3n) is 4.82. The minimum absolute atomic E-state index is 0.00381. The Kier molecular flexibility index (Phi) is 2.24. The molecule has 116 valence electrons. The summed E-state index contributed by atoms with van der Waals surface area (Å²) in [4.78, 5) is 0. The van der Waals surface area contributed by atoms with Crippen LogP contribution in [0.1, 0.15) is 0 Å². The average Bonchev–Trinajstić information content (AvgIpc) is 2.58. The molecule has 24 heavy (non-hydrogen) atoms. The Bertz CT molecular complexity index is 1150. The maximum absolute atomic E-state index is 10.6. The van der Waals surface area contributed by atoms with Crippen LogP contribution in [0.15, 0.2) is 48.5 Å². The highest BCUT2D eigenvalue weighted by molar-refractivity contribution is 5.97. The molecule has 4 heteroatoms. The first-order chi connectivity index (χ1) is 11.6. The average molecular weight is 316 g/mol. The standard InChI is InChI=1S/C20H12O4/c21-17-9-5-1-2-6-10(9)18(22)14-13(17)15-16(14)20(24)12-8-4-3-7-11(12)19(15)23/h1-8,21-24H. The minimum atomic E-state index is -0.00381. The molecule has 5 rings (SSSR count). The molecule has 0 heterocycles. The lowest BCUT2D eigenvalue weighted by atomic mass is 9.91. The van der Waals surface area contributed by atoms with Crippen LogP contribution in [-0.4, -0.2) is 20.4 Å². The zero-order chi connectivity index (χ0) is 16.6. The predicted octanol–water partition coefficient (Wildman–Crippen LogP) is 3.70. The monoisotopic (exact) mass is 316 g/mol. The number of hydrogen-bond donors (Lipinski definition) is 4. The van der Waals surface area contributed by atoms with Gasteiger partial charge in [-0.2, -0.15) is 0 Å². The van der Waals surface area contributed by atoms with Crippen molar-refractivity contribution in [2.75, 3.05) is 0 Å². The molecule has 0 radical (unpaired) electrons. The van der Waals surface area contributed by atoms with Crippen LogP contribution in [0.25, 0.3) is 21.5 Å². The maximum Gasteiger partial charge on any atom is 0.132 e. The first-order valence-corrected chi connectivity index (χ1v) is 7.55. The van der Waals surface area contributed by atoms with Crippen molar-refractivity contribution < 1.29 is 20.4 Å². The number of phenols is 4. The van der Waals surface area contributed by atoms with E-state index in [0.717, 1.165) is 0 Å². The Morgan fingerprint density at radius 2 is 0.583 bits per heavy atom. The van der Waals surface area contributed by atoms with Gasteiger partial charge in [0, 0.05) is 42.4 Å². The van der Waals surface area contributed by atoms with Crippen molar-refractivity contribution >= 4 is 21.5 Å². The van der Waals surface area contributed by atoms with E-state index in [1.165, 1.54) is 0 Å². The van der Waals surface area contributed by atoms with Gasteiger partial charge in [0.25, 0.3) is 0 Å². The van der Waals surface area contributed by atoms with Crippen molar-refractivity contribution in [1.29, 1.82) is 0 Å². The fourth-order valence-corrected chi connectivity index (χ4v) is 3.72. The van der Waals surface area contributed by atoms with Crippen LogP contribution in [0.2, 0.25) is 0 Å². The summed E-state index contributed by atoms with van der Waals surface area (Å²) in [6.45, 7) is 0. The number of aromatic hydroxyl groups is 4. The Hall–Kier alpha value is -3.40. The van der Waals surface area contributed by atoms with Crippen molar-refractivity contribution in [3.8, 4) is 23.0 Å². The van der Waals surface area contributed by atoms with Crippen molar-refractivity contribution in [3.63, 3.8) is 0 Å². The fraction of sp³-hybridized carbons (Fsp3) is 0. The summed E-state index contributed by atoms with van der Waals surface area (Å²) >= 11 is 0. The molecule has 0 fully saturated rings. The molecular formula is C20H12O4. The molecule has 1 aliphatic carbocycles. The van der Waals surface area contributed by atoms with Gasteiger partial charge in [0.15, 0.2) is 0 Å². The van der Waals surface area contributed by atoms with E-state index in [1.54, 1.807) is 48.5 Å². The van der Waals surface area contributed by atoms with Crippen LogP contribution >= 0.6 is 0 Å². The fourth-order valence-electron chi connectivity index (χ4n) is 3.72. The van der Waals surface area contributed by atoms with Crippen molar-refractivity contribution in [2.45, 2.75) is 0 Å². The highest BCUT2D eigenvalue weighted by Crippen LogP contribution is 2.44. The van der Waals surface area contributed by atoms with E-state index in [2.05, 4.69) is 0 Å². The van der Waals surface area contributed by atoms with Gasteiger partial charge in [0.05, 0.1) is 0 Å². The summed E-state index contributed by atoms with van der Waals surface area (Å²) in [6, 6.07) is 13.9. The van der Waals surface area contributed by atoms with Gasteiger partial charge in [-0.25, -0.2) is 0 Å². The lowest BCUT2D eigenvalue weighted by Crippen LogP contribution is -1.97. The van der Waals surface area contributed by atoms with Crippen molar-refractivity contribution in [2.24, 2.45) is 0 Å². The van der Waals surface area contributed by atoms with Gasteiger partial charge < -0.3 is 20.4 Å². The zero-order valence-corrected chi connectivity index (χ0v) is 12.4. The molecule has 4 aromatic rings. The van der Waals surface area contributed by atoms with E-state index >= 15 is 0 Å². The molecular weight excluding hydrogens is 304 g/mol. The molecule has 0 spiro atoms. The van der Waals surface area contributed by atoms with E-state index < -0.39 is 0 Å². The van der Waals surface area contributed by atoms with Crippen LogP contribution in [0.5, 0.6) is 23.0 Å². The largest absolute Gasteiger partial charge is 0.507 e. The summed E-state index contributed by atoms with van der Waals surface area (Å²) < 4.78 is 0. The van der Waals surface area contributed by atoms with Crippen LogP contribution in [0.3, 0.4) is 0 Å². The van der Waals surface area contributed by atoms with Gasteiger partial charge in [0.1, 0.15) is 23.0 Å². The number of fused-ring (bicyclic) bond motifs is 4. The smallest absolute Gasteiger partial charge is 0.132 e. The zero-order valence-electron chi connectivity index (χ0n) is 12.4. The molecule has 0 bridgehead atoms. The molecule has 0 unspecified atom stereocenters. The normalized spacial score (nSPS) is 12.0. The molecule has 0 saturated carbocycles. The predicted molar refractivity (Wildman–Crippen MR) is 89.9 cm³/mol. The lowest BCUT2D eigenvalue weighted by Gasteiger charge is -2.16. The van der Waals surface area contributed by atoms with Gasteiger partial charge in [-0.05, 0) is 0 Å². The van der Waals surface area contributed by atoms with E-state index in [0.29, 0.717) is 42.4 Å². The summed E-state index contributed by atoms with van der Waals surface area (Å²) in [5.74, 6) is -0.0153. The van der Waals surface area contributed by atoms with Gasteiger partial charge >= 0.3 is 0 Å². The van der Waals surface area contributed by atoms with E-state index in [-0.39, 0.29) is 23.0 Å². The quantitative estimate of drug-likeness (QED) is 0.328. The van der Waals surface area contributed by atoms with E-state index in [9.17, 15) is 20.4 Å². The Balaban J connectivity index is 2.22. The van der Waals surface area contributed by atoms with Gasteiger partial charge in [-0.1, -0.05) is 48.5 Å². The molecule has 4 aromatic carbocycles. The van der Waals surface area contributed by atoms with Crippen LogP contribution < -0.4 is 0 Å². The number of phenolic OH excluding ortho intramolecular Hbond substituents is 4. The second-order valence-electron chi connectivity index (χ2n) is 5.99. The number of benzene rings is 4. The van der Waals surface area contributed by atoms with E-state index in [1.807, 2.05) is 0 Å². The lowest BCUT2D eigenvalue weighted by molar-refractivity contribution is 0.446. The third-order valence-corrected chi connectivity index (χ3v) is 4.82. The summed E-state index contributed by atoms with van der Waals surface area (Å²) in [6.07, 6.45) is 0. The molecule has 0 amide bonds. The number of rotatable bonds is 0. The molecule has 0 aromatic heterocycles. The first-order valence-electron chi connectivity index (χ1n) is 7.55. The van der Waals surface area contributed by atoms with Crippen LogP contribution in [0.4, 0.5) is 0 Å². The topological polar surface area (TPSA) is 80.9 Å². The second-order valence-corrected chi connectivity index (χ2v) is 5.99. The van der Waals surface area contributed by atoms with Gasteiger partial charge in [-0.3, -0.25) is 0 Å². The summed E-state index contributed by atoms with van der Waals surface area (Å²) in [7, 11) is 0. The number of hydrogen-bond acceptors (Lipinski definition) is 4. The maximum atomic E-state index is 10.6. The second kappa shape index (κ2) is 4.11. The third kappa shape index (κ3) is 1.30. The highest BCUT2D eigenvalue weighted by atomic mass is 16.3. The molecule has 0 saturated heterocycles. The first kappa shape index (κ1) is 13.1. The highest BCUT2D eigenvalue weighted by Gasteiger charge is 2.22. The molecule has 0 atom stereocenters. The van der Waals surface area contributed by atoms with Crippen molar-refractivity contribution in [1.82, 2.24) is 0 Å². The van der Waals surface area contributed by atoms with Gasteiger partial charge in [-0.15, -0.1) is 0 Å². The van der Waals surface area contributed by atoms with Crippen LogP contribution in [0, 0.1) is 20.9 Å². The van der Waals surface area contributed by atoms with E-state index in [4.69, 9.17) is 0 Å². The molecule has 4 N–H and O–H groups in total. The Morgan fingerprint density at radius 1 is 0.375 bits per heavy atom. The Morgan fingerprint density at radius 3 is 0.792 bits per heavy atom. The molecule has 4 nitrogen and oxygen atoms in total. The van der Waals surface area contributed by atoms with Crippen molar-refractivity contribution in [3.05, 3.63) is 69.4 Å². The summed E-state index contributed by atoms with van der Waals surface area (Å²) in [5, 5.41) is 46.1. The minimum Gasteiger partial charge on any atom is -0.507 e. The molecule has 0 aliphatic heterocycles. The summed E-state index contributed by atoms with van der Waals surface area (Å²) in [5.41, 5.74) is 0. The van der Waals surface area contributed by atoms with Gasteiger partial charge in [0.2, 0.25) is 0 Å². The SMILES string of the molecule is Oc1c2c(c(O)c3ccccc13)=c1c(O)c3ccccc3c(O)c1=2.